The summed E-state index contributed by atoms with van der Waals surface area (Å²) in [5, 5.41) is 0. The first-order valence-corrected chi connectivity index (χ1v) is 25.5. The summed E-state index contributed by atoms with van der Waals surface area (Å²) >= 11 is 0. The highest BCUT2D eigenvalue weighted by molar-refractivity contribution is 7.47. The maximum Gasteiger partial charge on any atom is 0.472 e. The number of hydrogen-bond acceptors (Lipinski definition) is 8. The fraction of sp³-hybridized carbons (Fsp3) is 0.833. The first-order chi connectivity index (χ1) is 28.3. The van der Waals surface area contributed by atoms with Gasteiger partial charge in [-0.25, -0.2) is 4.57 Å². The van der Waals surface area contributed by atoms with Gasteiger partial charge in [0.2, 0.25) is 0 Å². The molecule has 0 heterocycles. The molecule has 0 aromatic carbocycles. The van der Waals surface area contributed by atoms with Crippen LogP contribution in [0.2, 0.25) is 0 Å². The molecule has 0 saturated heterocycles. The van der Waals surface area contributed by atoms with Crippen molar-refractivity contribution < 1.29 is 37.6 Å². The Balaban J connectivity index is 4.07. The number of phosphoric ester groups is 1. The molecule has 0 aromatic heterocycles. The van der Waals surface area contributed by atoms with Gasteiger partial charge in [-0.2, -0.15) is 0 Å². The standard InChI is InChI=1S/C48H90NO8P/c1-3-5-7-9-11-13-15-17-19-20-21-22-23-24-25-27-28-30-32-34-36-38-40-47(50)54-44-46(45-56-58(52,53)55-43-42-49)57-48(51)41-39-37-35-33-31-29-26-18-16-14-12-10-8-6-4-2/h12,14,18,26,31,33,46H,3-11,13,15-17,19-25,27-30,32,34-45,49H2,1-2H3,(H,52,53)/b14-12+,26-18+,33-31+/t46-/m1/s1. The first kappa shape index (κ1) is 56.2. The zero-order chi connectivity index (χ0) is 42.5. The Morgan fingerprint density at radius 2 is 0.897 bits per heavy atom. The molecule has 0 aliphatic heterocycles. The van der Waals surface area contributed by atoms with Crippen molar-refractivity contribution in [1.29, 1.82) is 0 Å². The van der Waals surface area contributed by atoms with Gasteiger partial charge in [0, 0.05) is 19.4 Å². The minimum Gasteiger partial charge on any atom is -0.462 e. The predicted molar refractivity (Wildman–Crippen MR) is 243 cm³/mol. The lowest BCUT2D eigenvalue weighted by Gasteiger charge is -2.19. The molecule has 3 N–H and O–H groups in total. The van der Waals surface area contributed by atoms with Gasteiger partial charge in [0.25, 0.3) is 0 Å². The Hall–Kier alpha value is -1.77. The summed E-state index contributed by atoms with van der Waals surface area (Å²) in [4.78, 5) is 34.9. The van der Waals surface area contributed by atoms with E-state index in [2.05, 4.69) is 50.3 Å². The molecule has 0 aliphatic carbocycles. The van der Waals surface area contributed by atoms with E-state index in [0.717, 1.165) is 51.4 Å². The third-order valence-electron chi connectivity index (χ3n) is 10.3. The van der Waals surface area contributed by atoms with E-state index in [4.69, 9.17) is 24.3 Å². The quantitative estimate of drug-likeness (QED) is 0.0266. The molecule has 10 heteroatoms. The Labute approximate surface area is 356 Å². The number of esters is 2. The lowest BCUT2D eigenvalue weighted by atomic mass is 10.0. The molecule has 0 rings (SSSR count). The smallest absolute Gasteiger partial charge is 0.462 e. The number of carbonyl (C=O) groups is 2. The second-order valence-electron chi connectivity index (χ2n) is 16.0. The van der Waals surface area contributed by atoms with Gasteiger partial charge < -0.3 is 20.1 Å². The van der Waals surface area contributed by atoms with E-state index in [1.165, 1.54) is 141 Å². The van der Waals surface area contributed by atoms with Crippen LogP contribution < -0.4 is 5.73 Å². The van der Waals surface area contributed by atoms with Crippen LogP contribution in [0.3, 0.4) is 0 Å². The second-order valence-corrected chi connectivity index (χ2v) is 17.4. The summed E-state index contributed by atoms with van der Waals surface area (Å²) in [7, 11) is -4.39. The fourth-order valence-electron chi connectivity index (χ4n) is 6.70. The van der Waals surface area contributed by atoms with Crippen LogP contribution in [0.5, 0.6) is 0 Å². The predicted octanol–water partition coefficient (Wildman–Crippen LogP) is 14.1. The molecule has 9 nitrogen and oxygen atoms in total. The maximum atomic E-state index is 12.6. The molecular formula is C48H90NO8P. The zero-order valence-electron chi connectivity index (χ0n) is 37.5. The van der Waals surface area contributed by atoms with Crippen LogP contribution in [0.1, 0.15) is 226 Å². The van der Waals surface area contributed by atoms with E-state index in [-0.39, 0.29) is 38.6 Å². The van der Waals surface area contributed by atoms with Gasteiger partial charge in [0.05, 0.1) is 13.2 Å². The van der Waals surface area contributed by atoms with Crippen molar-refractivity contribution >= 4 is 19.8 Å². The number of phosphoric acid groups is 1. The van der Waals surface area contributed by atoms with Gasteiger partial charge in [0.1, 0.15) is 6.61 Å². The molecule has 0 spiro atoms. The van der Waals surface area contributed by atoms with Gasteiger partial charge in [-0.1, -0.05) is 198 Å². The van der Waals surface area contributed by atoms with Crippen molar-refractivity contribution in [3.63, 3.8) is 0 Å². The number of rotatable bonds is 45. The van der Waals surface area contributed by atoms with Crippen LogP contribution in [-0.2, 0) is 32.7 Å². The summed E-state index contributed by atoms with van der Waals surface area (Å²) in [6.07, 6.45) is 50.5. The summed E-state index contributed by atoms with van der Waals surface area (Å²) < 4.78 is 32.8. The van der Waals surface area contributed by atoms with Gasteiger partial charge in [-0.3, -0.25) is 18.6 Å². The Kier molecular flexibility index (Phi) is 43.4. The van der Waals surface area contributed by atoms with Crippen molar-refractivity contribution in [3.05, 3.63) is 36.5 Å². The summed E-state index contributed by atoms with van der Waals surface area (Å²) in [6.45, 7) is 3.69. The van der Waals surface area contributed by atoms with E-state index in [0.29, 0.717) is 6.42 Å². The molecule has 340 valence electrons. The Morgan fingerprint density at radius 3 is 1.36 bits per heavy atom. The van der Waals surface area contributed by atoms with Crippen molar-refractivity contribution in [2.75, 3.05) is 26.4 Å². The Morgan fingerprint density at radius 1 is 0.517 bits per heavy atom. The molecule has 0 amide bonds. The van der Waals surface area contributed by atoms with Crippen LogP contribution >= 0.6 is 7.82 Å². The highest BCUT2D eigenvalue weighted by Gasteiger charge is 2.26. The third-order valence-corrected chi connectivity index (χ3v) is 11.3. The molecule has 0 aromatic rings. The highest BCUT2D eigenvalue weighted by Crippen LogP contribution is 2.43. The summed E-state index contributed by atoms with van der Waals surface area (Å²) in [6, 6.07) is 0. The van der Waals surface area contributed by atoms with Gasteiger partial charge in [-0.15, -0.1) is 0 Å². The van der Waals surface area contributed by atoms with Crippen LogP contribution in [0.4, 0.5) is 0 Å². The van der Waals surface area contributed by atoms with Crippen molar-refractivity contribution in [2.45, 2.75) is 232 Å². The van der Waals surface area contributed by atoms with E-state index >= 15 is 0 Å². The SMILES string of the molecule is CCCCC/C=C/C/C=C/C/C=C/CCCCC(=O)O[C@H](COC(=O)CCCCCCCCCCCCCCCCCCCCCCCC)COP(=O)(O)OCCN. The summed E-state index contributed by atoms with van der Waals surface area (Å²) in [5.74, 6) is -0.865. The van der Waals surface area contributed by atoms with Crippen molar-refractivity contribution in [2.24, 2.45) is 5.73 Å². The zero-order valence-corrected chi connectivity index (χ0v) is 38.4. The molecule has 58 heavy (non-hydrogen) atoms. The normalized spacial score (nSPS) is 13.5. The molecule has 0 radical (unpaired) electrons. The van der Waals surface area contributed by atoms with Crippen LogP contribution in [-0.4, -0.2) is 49.3 Å². The minimum atomic E-state index is -4.39. The van der Waals surface area contributed by atoms with E-state index < -0.39 is 26.5 Å². The van der Waals surface area contributed by atoms with Crippen LogP contribution in [0.15, 0.2) is 36.5 Å². The third kappa shape index (κ3) is 43.8. The summed E-state index contributed by atoms with van der Waals surface area (Å²) in [5.41, 5.74) is 5.35. The van der Waals surface area contributed by atoms with E-state index in [1.807, 2.05) is 0 Å². The topological polar surface area (TPSA) is 134 Å². The molecule has 0 aliphatic rings. The molecule has 2 atom stereocenters. The molecule has 0 fully saturated rings. The van der Waals surface area contributed by atoms with Crippen molar-refractivity contribution in [3.8, 4) is 0 Å². The molecule has 0 saturated carbocycles. The number of allylic oxidation sites excluding steroid dienone is 6. The van der Waals surface area contributed by atoms with Gasteiger partial charge in [-0.05, 0) is 51.4 Å². The number of carbonyl (C=O) groups excluding carboxylic acids is 2. The second kappa shape index (κ2) is 44.8. The van der Waals surface area contributed by atoms with Crippen molar-refractivity contribution in [1.82, 2.24) is 0 Å². The Bertz CT molecular complexity index is 1050. The maximum absolute atomic E-state index is 12.6. The number of unbranched alkanes of at least 4 members (excludes halogenated alkanes) is 26. The monoisotopic (exact) mass is 840 g/mol. The van der Waals surface area contributed by atoms with Gasteiger partial charge >= 0.3 is 19.8 Å². The largest absolute Gasteiger partial charge is 0.472 e. The minimum absolute atomic E-state index is 0.0479. The molecule has 1 unspecified atom stereocenters. The highest BCUT2D eigenvalue weighted by atomic mass is 31.2. The molecule has 0 bridgehead atoms. The average Bonchev–Trinajstić information content (AvgIpc) is 3.21. The first-order valence-electron chi connectivity index (χ1n) is 24.0. The van der Waals surface area contributed by atoms with Crippen LogP contribution in [0, 0.1) is 0 Å². The number of ether oxygens (including phenoxy) is 2. The fourth-order valence-corrected chi connectivity index (χ4v) is 7.47. The number of nitrogens with two attached hydrogens (primary N) is 1. The number of hydrogen-bond donors (Lipinski definition) is 2. The van der Waals surface area contributed by atoms with E-state index in [1.54, 1.807) is 0 Å². The average molecular weight is 840 g/mol. The van der Waals surface area contributed by atoms with Gasteiger partial charge in [0.15, 0.2) is 6.10 Å². The lowest BCUT2D eigenvalue weighted by Crippen LogP contribution is -2.29. The lowest BCUT2D eigenvalue weighted by molar-refractivity contribution is -0.161. The van der Waals surface area contributed by atoms with E-state index in [9.17, 15) is 19.0 Å². The van der Waals surface area contributed by atoms with Crippen LogP contribution in [0.25, 0.3) is 0 Å². The molecular weight excluding hydrogens is 750 g/mol.